The largest absolute Gasteiger partial charge is 0.494 e. The zero-order valence-electron chi connectivity index (χ0n) is 19.2. The first kappa shape index (κ1) is 25.5. The SMILES string of the molecule is CCOc1ccccc1C(C)CC(=O)Nc1sc2c(c1C#N)CCN(C(=O)OCC(O)CO)C2. The van der Waals surface area contributed by atoms with Gasteiger partial charge in [0.15, 0.2) is 0 Å². The Bertz CT molecular complexity index is 1060. The Morgan fingerprint density at radius 1 is 1.35 bits per heavy atom. The van der Waals surface area contributed by atoms with E-state index in [0.717, 1.165) is 21.8 Å². The zero-order chi connectivity index (χ0) is 24.7. The van der Waals surface area contributed by atoms with Gasteiger partial charge in [-0.05, 0) is 36.5 Å². The van der Waals surface area contributed by atoms with Crippen LogP contribution in [0.4, 0.5) is 9.80 Å². The van der Waals surface area contributed by atoms with Crippen molar-refractivity contribution >= 4 is 28.3 Å². The fourth-order valence-corrected chi connectivity index (χ4v) is 5.05. The van der Waals surface area contributed by atoms with Crippen LogP contribution < -0.4 is 10.1 Å². The van der Waals surface area contributed by atoms with Gasteiger partial charge in [-0.15, -0.1) is 11.3 Å². The lowest BCUT2D eigenvalue weighted by atomic mass is 9.96. The van der Waals surface area contributed by atoms with E-state index in [-0.39, 0.29) is 31.4 Å². The van der Waals surface area contributed by atoms with Gasteiger partial charge in [0, 0.05) is 17.8 Å². The molecule has 3 N–H and O–H groups in total. The minimum atomic E-state index is -1.12. The first-order valence-corrected chi connectivity index (χ1v) is 12.0. The Balaban J connectivity index is 1.67. The van der Waals surface area contributed by atoms with Crippen molar-refractivity contribution in [3.63, 3.8) is 0 Å². The van der Waals surface area contributed by atoms with Crippen LogP contribution >= 0.6 is 11.3 Å². The second-order valence-electron chi connectivity index (χ2n) is 8.03. The highest BCUT2D eigenvalue weighted by molar-refractivity contribution is 7.16. The lowest BCUT2D eigenvalue weighted by molar-refractivity contribution is -0.116. The number of carbonyl (C=O) groups excluding carboxylic acids is 2. The Labute approximate surface area is 202 Å². The van der Waals surface area contributed by atoms with Crippen molar-refractivity contribution in [2.75, 3.05) is 31.7 Å². The Morgan fingerprint density at radius 2 is 2.12 bits per heavy atom. The van der Waals surface area contributed by atoms with Crippen LogP contribution in [-0.2, 0) is 22.5 Å². The van der Waals surface area contributed by atoms with E-state index in [1.165, 1.54) is 16.2 Å². The fraction of sp³-hybridized carbons (Fsp3) is 0.458. The topological polar surface area (TPSA) is 132 Å². The maximum absolute atomic E-state index is 12.8. The van der Waals surface area contributed by atoms with E-state index in [1.807, 2.05) is 38.1 Å². The Morgan fingerprint density at radius 3 is 2.82 bits per heavy atom. The first-order valence-electron chi connectivity index (χ1n) is 11.1. The summed E-state index contributed by atoms with van der Waals surface area (Å²) in [5, 5.41) is 31.3. The van der Waals surface area contributed by atoms with Gasteiger partial charge in [0.2, 0.25) is 5.91 Å². The van der Waals surface area contributed by atoms with E-state index >= 15 is 0 Å². The molecular formula is C24H29N3O6S. The second kappa shape index (κ2) is 11.8. The number of amides is 2. The molecule has 182 valence electrons. The molecule has 0 saturated heterocycles. The van der Waals surface area contributed by atoms with Crippen LogP contribution in [0, 0.1) is 11.3 Å². The van der Waals surface area contributed by atoms with Crippen LogP contribution in [0.5, 0.6) is 5.75 Å². The summed E-state index contributed by atoms with van der Waals surface area (Å²) in [4.78, 5) is 27.4. The van der Waals surface area contributed by atoms with Crippen LogP contribution in [0.15, 0.2) is 24.3 Å². The highest BCUT2D eigenvalue weighted by Crippen LogP contribution is 2.37. The van der Waals surface area contributed by atoms with E-state index < -0.39 is 18.8 Å². The van der Waals surface area contributed by atoms with Crippen molar-refractivity contribution in [3.8, 4) is 11.8 Å². The molecule has 1 aliphatic heterocycles. The third kappa shape index (κ3) is 6.05. The number of hydrogen-bond acceptors (Lipinski definition) is 8. The standard InChI is InChI=1S/C24H29N3O6S/c1-3-32-20-7-5-4-6-17(20)15(2)10-22(30)26-23-19(11-25)18-8-9-27(12-21(18)34-23)24(31)33-14-16(29)13-28/h4-7,15-16,28-29H,3,8-10,12-14H2,1-2H3,(H,26,30). The number of anilines is 1. The summed E-state index contributed by atoms with van der Waals surface area (Å²) >= 11 is 1.28. The number of fused-ring (bicyclic) bond motifs is 1. The number of carbonyl (C=O) groups is 2. The average Bonchev–Trinajstić information content (AvgIpc) is 3.18. The zero-order valence-corrected chi connectivity index (χ0v) is 20.1. The van der Waals surface area contributed by atoms with Gasteiger partial charge in [0.25, 0.3) is 0 Å². The van der Waals surface area contributed by atoms with Crippen molar-refractivity contribution in [2.45, 2.75) is 45.3 Å². The number of nitrogens with one attached hydrogen (secondary N) is 1. The van der Waals surface area contributed by atoms with E-state index in [4.69, 9.17) is 14.6 Å². The fourth-order valence-electron chi connectivity index (χ4n) is 3.82. The van der Waals surface area contributed by atoms with Gasteiger partial charge in [0.05, 0.1) is 25.3 Å². The highest BCUT2D eigenvalue weighted by Gasteiger charge is 2.29. The molecule has 1 aromatic carbocycles. The summed E-state index contributed by atoms with van der Waals surface area (Å²) in [7, 11) is 0. The quantitative estimate of drug-likeness (QED) is 0.495. The molecule has 1 aliphatic rings. The Kier molecular flexibility index (Phi) is 8.87. The smallest absolute Gasteiger partial charge is 0.410 e. The molecule has 0 saturated carbocycles. The van der Waals surface area contributed by atoms with Crippen LogP contribution in [0.1, 0.15) is 47.8 Å². The third-order valence-electron chi connectivity index (χ3n) is 5.53. The molecule has 1 aromatic heterocycles. The van der Waals surface area contributed by atoms with Crippen LogP contribution in [0.25, 0.3) is 0 Å². The molecule has 9 nitrogen and oxygen atoms in total. The summed E-state index contributed by atoms with van der Waals surface area (Å²) < 4.78 is 10.7. The molecule has 10 heteroatoms. The minimum Gasteiger partial charge on any atom is -0.494 e. The van der Waals surface area contributed by atoms with Gasteiger partial charge >= 0.3 is 6.09 Å². The number of hydrogen-bond donors (Lipinski definition) is 3. The number of thiophene rings is 1. The van der Waals surface area contributed by atoms with E-state index in [1.54, 1.807) is 0 Å². The predicted molar refractivity (Wildman–Crippen MR) is 127 cm³/mol. The summed E-state index contributed by atoms with van der Waals surface area (Å²) in [6.45, 7) is 4.22. The monoisotopic (exact) mass is 487 g/mol. The van der Waals surface area contributed by atoms with Gasteiger partial charge in [-0.2, -0.15) is 5.26 Å². The molecule has 0 radical (unpaired) electrons. The van der Waals surface area contributed by atoms with Crippen molar-refractivity contribution in [1.29, 1.82) is 5.26 Å². The van der Waals surface area contributed by atoms with Gasteiger partial charge in [-0.1, -0.05) is 25.1 Å². The minimum absolute atomic E-state index is 0.0811. The summed E-state index contributed by atoms with van der Waals surface area (Å²) in [6, 6.07) is 9.83. The lowest BCUT2D eigenvalue weighted by Gasteiger charge is -2.26. The third-order valence-corrected chi connectivity index (χ3v) is 6.66. The van der Waals surface area contributed by atoms with Gasteiger partial charge < -0.3 is 29.9 Å². The number of ether oxygens (including phenoxy) is 2. The lowest BCUT2D eigenvalue weighted by Crippen LogP contribution is -2.37. The molecule has 0 bridgehead atoms. The number of aliphatic hydroxyl groups is 2. The van der Waals surface area contributed by atoms with Gasteiger partial charge in [-0.25, -0.2) is 4.79 Å². The molecule has 2 atom stereocenters. The molecular weight excluding hydrogens is 458 g/mol. The molecule has 0 fully saturated rings. The number of nitrogens with zero attached hydrogens (tertiary/aromatic N) is 2. The maximum atomic E-state index is 12.8. The average molecular weight is 488 g/mol. The van der Waals surface area contributed by atoms with Crippen LogP contribution in [-0.4, -0.2) is 59.6 Å². The normalized spacial score (nSPS) is 14.5. The first-order chi connectivity index (χ1) is 16.4. The van der Waals surface area contributed by atoms with Crippen molar-refractivity contribution in [1.82, 2.24) is 4.90 Å². The molecule has 2 heterocycles. The van der Waals surface area contributed by atoms with Crippen LogP contribution in [0.3, 0.4) is 0 Å². The predicted octanol–water partition coefficient (Wildman–Crippen LogP) is 3.00. The maximum Gasteiger partial charge on any atom is 0.410 e. The van der Waals surface area contributed by atoms with Crippen molar-refractivity contribution < 1.29 is 29.3 Å². The molecule has 0 spiro atoms. The number of para-hydroxylation sites is 1. The highest BCUT2D eigenvalue weighted by atomic mass is 32.1. The van der Waals surface area contributed by atoms with Gasteiger partial charge in [0.1, 0.15) is 29.5 Å². The summed E-state index contributed by atoms with van der Waals surface area (Å²) in [6.07, 6.45) is -1.04. The molecule has 2 unspecified atom stereocenters. The molecule has 2 aromatic rings. The van der Waals surface area contributed by atoms with E-state index in [0.29, 0.717) is 30.1 Å². The molecule has 34 heavy (non-hydrogen) atoms. The molecule has 2 amide bonds. The second-order valence-corrected chi connectivity index (χ2v) is 9.13. The number of nitriles is 1. The number of benzene rings is 1. The van der Waals surface area contributed by atoms with Crippen LogP contribution in [0.2, 0.25) is 0 Å². The molecule has 3 rings (SSSR count). The summed E-state index contributed by atoms with van der Waals surface area (Å²) in [5.74, 6) is 0.471. The van der Waals surface area contributed by atoms with Crippen molar-refractivity contribution in [3.05, 3.63) is 45.8 Å². The number of rotatable bonds is 9. The van der Waals surface area contributed by atoms with Gasteiger partial charge in [-0.3, -0.25) is 4.79 Å². The van der Waals surface area contributed by atoms with E-state index in [2.05, 4.69) is 11.4 Å². The van der Waals surface area contributed by atoms with E-state index in [9.17, 15) is 20.0 Å². The van der Waals surface area contributed by atoms with Crippen molar-refractivity contribution in [2.24, 2.45) is 0 Å². The number of aliphatic hydroxyl groups excluding tert-OH is 2. The molecule has 0 aliphatic carbocycles. The Hall–Kier alpha value is -3.13. The summed E-state index contributed by atoms with van der Waals surface area (Å²) in [5.41, 5.74) is 2.21.